The highest BCUT2D eigenvalue weighted by molar-refractivity contribution is 9.10. The zero-order valence-electron chi connectivity index (χ0n) is 10.2. The van der Waals surface area contributed by atoms with Gasteiger partial charge in [0.1, 0.15) is 6.04 Å². The number of carboxylic acid groups (broad SMARTS) is 2. The second-order valence-corrected chi connectivity index (χ2v) is 5.42. The highest BCUT2D eigenvalue weighted by Gasteiger charge is 2.23. The van der Waals surface area contributed by atoms with Gasteiger partial charge in [-0.3, -0.25) is 4.79 Å². The largest absolute Gasteiger partial charge is 0.481 e. The molecular formula is C11H9BrCl2N2O5. The van der Waals surface area contributed by atoms with Crippen molar-refractivity contribution in [1.29, 1.82) is 0 Å². The van der Waals surface area contributed by atoms with E-state index >= 15 is 0 Å². The Morgan fingerprint density at radius 1 is 1.19 bits per heavy atom. The van der Waals surface area contributed by atoms with E-state index in [0.717, 1.165) is 0 Å². The number of carbonyl (C=O) groups is 3. The quantitative estimate of drug-likeness (QED) is 0.568. The molecule has 21 heavy (non-hydrogen) atoms. The fraction of sp³-hybridized carbons (Fsp3) is 0.182. The first-order valence-corrected chi connectivity index (χ1v) is 6.93. The van der Waals surface area contributed by atoms with Crippen molar-refractivity contribution in [2.24, 2.45) is 0 Å². The van der Waals surface area contributed by atoms with E-state index in [-0.39, 0.29) is 15.7 Å². The molecule has 2 amide bonds. The fourth-order valence-electron chi connectivity index (χ4n) is 1.31. The SMILES string of the molecule is O=C(O)C[C@@H](NC(=O)Nc1ccc(Br)c(Cl)c1Cl)C(=O)O. The number of urea groups is 1. The molecule has 0 aromatic heterocycles. The van der Waals surface area contributed by atoms with Gasteiger partial charge in [0.15, 0.2) is 0 Å². The molecular weight excluding hydrogens is 391 g/mol. The second kappa shape index (κ2) is 7.48. The second-order valence-electron chi connectivity index (χ2n) is 3.81. The summed E-state index contributed by atoms with van der Waals surface area (Å²) in [6.07, 6.45) is -0.752. The molecule has 0 heterocycles. The Bertz CT molecular complexity index is 596. The predicted molar refractivity (Wildman–Crippen MR) is 80.0 cm³/mol. The third-order valence-corrected chi connectivity index (χ3v) is 4.04. The molecule has 0 saturated carbocycles. The van der Waals surface area contributed by atoms with Crippen LogP contribution in [0.1, 0.15) is 6.42 Å². The Morgan fingerprint density at radius 2 is 1.81 bits per heavy atom. The lowest BCUT2D eigenvalue weighted by molar-refractivity contribution is -0.145. The molecule has 0 spiro atoms. The number of benzene rings is 1. The lowest BCUT2D eigenvalue weighted by Crippen LogP contribution is -2.44. The minimum Gasteiger partial charge on any atom is -0.481 e. The first-order chi connectivity index (χ1) is 9.72. The van der Waals surface area contributed by atoms with Crippen LogP contribution in [0.3, 0.4) is 0 Å². The van der Waals surface area contributed by atoms with E-state index in [1.807, 2.05) is 5.32 Å². The van der Waals surface area contributed by atoms with Crippen molar-refractivity contribution >= 4 is 62.8 Å². The fourth-order valence-corrected chi connectivity index (χ4v) is 2.14. The molecule has 1 aromatic carbocycles. The summed E-state index contributed by atoms with van der Waals surface area (Å²) in [5.41, 5.74) is 0.154. The third-order valence-electron chi connectivity index (χ3n) is 2.27. The van der Waals surface area contributed by atoms with Gasteiger partial charge in [-0.05, 0) is 28.1 Å². The van der Waals surface area contributed by atoms with Crippen LogP contribution in [0.2, 0.25) is 10.0 Å². The smallest absolute Gasteiger partial charge is 0.326 e. The van der Waals surface area contributed by atoms with Crippen molar-refractivity contribution in [3.8, 4) is 0 Å². The lowest BCUT2D eigenvalue weighted by Gasteiger charge is -2.14. The minimum absolute atomic E-state index is 0.0614. The molecule has 10 heteroatoms. The van der Waals surface area contributed by atoms with Crippen LogP contribution < -0.4 is 10.6 Å². The Balaban J connectivity index is 2.79. The van der Waals surface area contributed by atoms with Crippen molar-refractivity contribution < 1.29 is 24.6 Å². The molecule has 1 rings (SSSR count). The van der Waals surface area contributed by atoms with Crippen molar-refractivity contribution in [1.82, 2.24) is 5.32 Å². The Labute approximate surface area is 137 Å². The summed E-state index contributed by atoms with van der Waals surface area (Å²) in [6.45, 7) is 0. The first kappa shape index (κ1) is 17.5. The van der Waals surface area contributed by atoms with Crippen LogP contribution in [-0.2, 0) is 9.59 Å². The van der Waals surface area contributed by atoms with E-state index < -0.39 is 30.4 Å². The van der Waals surface area contributed by atoms with Crippen LogP contribution in [-0.4, -0.2) is 34.2 Å². The average Bonchev–Trinajstić information content (AvgIpc) is 2.38. The standard InChI is InChI=1S/C11H9BrCl2N2O5/c12-4-1-2-5(9(14)8(4)13)15-11(21)16-6(10(19)20)3-7(17)18/h1-2,6H,3H2,(H,17,18)(H,19,20)(H2,15,16,21)/t6-/m1/s1. The number of hydrogen-bond donors (Lipinski definition) is 4. The van der Waals surface area contributed by atoms with Crippen molar-refractivity contribution in [3.63, 3.8) is 0 Å². The van der Waals surface area contributed by atoms with Gasteiger partial charge >= 0.3 is 18.0 Å². The number of nitrogens with one attached hydrogen (secondary N) is 2. The molecule has 114 valence electrons. The van der Waals surface area contributed by atoms with E-state index in [0.29, 0.717) is 4.47 Å². The van der Waals surface area contributed by atoms with Crippen molar-refractivity contribution in [2.45, 2.75) is 12.5 Å². The van der Waals surface area contributed by atoms with E-state index in [4.69, 9.17) is 33.4 Å². The van der Waals surface area contributed by atoms with Gasteiger partial charge in [-0.1, -0.05) is 23.2 Å². The molecule has 1 aromatic rings. The minimum atomic E-state index is -1.56. The molecule has 0 aliphatic heterocycles. The highest BCUT2D eigenvalue weighted by atomic mass is 79.9. The summed E-state index contributed by atoms with van der Waals surface area (Å²) in [5.74, 6) is -2.82. The van der Waals surface area contributed by atoms with Gasteiger partial charge < -0.3 is 20.8 Å². The zero-order valence-corrected chi connectivity index (χ0v) is 13.3. The van der Waals surface area contributed by atoms with Crippen LogP contribution in [0, 0.1) is 0 Å². The number of anilines is 1. The van der Waals surface area contributed by atoms with E-state index in [9.17, 15) is 14.4 Å². The van der Waals surface area contributed by atoms with Crippen LogP contribution in [0.15, 0.2) is 16.6 Å². The van der Waals surface area contributed by atoms with Crippen LogP contribution in [0.25, 0.3) is 0 Å². The molecule has 0 bridgehead atoms. The summed E-state index contributed by atoms with van der Waals surface area (Å²) in [5, 5.41) is 21.9. The molecule has 0 aliphatic carbocycles. The van der Waals surface area contributed by atoms with Crippen molar-refractivity contribution in [2.75, 3.05) is 5.32 Å². The maximum Gasteiger partial charge on any atom is 0.326 e. The summed E-state index contributed by atoms with van der Waals surface area (Å²) < 4.78 is 0.523. The first-order valence-electron chi connectivity index (χ1n) is 5.38. The number of amides is 2. The number of aliphatic carboxylic acids is 2. The number of carboxylic acids is 2. The number of hydrogen-bond acceptors (Lipinski definition) is 3. The summed E-state index contributed by atoms with van der Waals surface area (Å²) in [4.78, 5) is 33.0. The Morgan fingerprint density at radius 3 is 2.33 bits per heavy atom. The van der Waals surface area contributed by atoms with Gasteiger partial charge in [-0.2, -0.15) is 0 Å². The Hall–Kier alpha value is -1.51. The van der Waals surface area contributed by atoms with Gasteiger partial charge in [-0.25, -0.2) is 9.59 Å². The monoisotopic (exact) mass is 398 g/mol. The molecule has 0 radical (unpaired) electrons. The topological polar surface area (TPSA) is 116 Å². The van der Waals surface area contributed by atoms with Crippen LogP contribution in [0.5, 0.6) is 0 Å². The number of halogens is 3. The van der Waals surface area contributed by atoms with Gasteiger partial charge in [0.25, 0.3) is 0 Å². The van der Waals surface area contributed by atoms with Gasteiger partial charge in [-0.15, -0.1) is 0 Å². The molecule has 0 saturated heterocycles. The van der Waals surface area contributed by atoms with Crippen LogP contribution >= 0.6 is 39.1 Å². The van der Waals surface area contributed by atoms with Crippen LogP contribution in [0.4, 0.5) is 10.5 Å². The summed E-state index contributed by atoms with van der Waals surface area (Å²) >= 11 is 14.9. The highest BCUT2D eigenvalue weighted by Crippen LogP contribution is 2.35. The van der Waals surface area contributed by atoms with Gasteiger partial charge in [0.2, 0.25) is 0 Å². The maximum absolute atomic E-state index is 11.7. The van der Waals surface area contributed by atoms with Gasteiger partial charge in [0, 0.05) is 4.47 Å². The van der Waals surface area contributed by atoms with Crippen molar-refractivity contribution in [3.05, 3.63) is 26.7 Å². The Kier molecular flexibility index (Phi) is 6.25. The van der Waals surface area contributed by atoms with E-state index in [2.05, 4.69) is 21.2 Å². The average molecular weight is 400 g/mol. The molecule has 0 fully saturated rings. The zero-order chi connectivity index (χ0) is 16.2. The summed E-state index contributed by atoms with van der Waals surface area (Å²) in [7, 11) is 0. The maximum atomic E-state index is 11.7. The molecule has 4 N–H and O–H groups in total. The van der Waals surface area contributed by atoms with E-state index in [1.165, 1.54) is 12.1 Å². The third kappa shape index (κ3) is 5.07. The molecule has 0 aliphatic rings. The molecule has 1 atom stereocenters. The summed E-state index contributed by atoms with van der Waals surface area (Å²) in [6, 6.07) is 0.511. The normalized spacial score (nSPS) is 11.6. The lowest BCUT2D eigenvalue weighted by atomic mass is 10.2. The molecule has 0 unspecified atom stereocenters. The number of rotatable bonds is 5. The molecule has 7 nitrogen and oxygen atoms in total. The number of carbonyl (C=O) groups excluding carboxylic acids is 1. The van der Waals surface area contributed by atoms with E-state index in [1.54, 1.807) is 0 Å². The van der Waals surface area contributed by atoms with Gasteiger partial charge in [0.05, 0.1) is 22.2 Å². The predicted octanol–water partition coefficient (Wildman–Crippen LogP) is 2.81.